The van der Waals surface area contributed by atoms with Crippen molar-refractivity contribution in [2.75, 3.05) is 14.2 Å². The first kappa shape index (κ1) is 23.2. The van der Waals surface area contributed by atoms with Gasteiger partial charge in [0.25, 0.3) is 26.0 Å². The maximum Gasteiger partial charge on any atom is 0.266 e. The third-order valence-electron chi connectivity index (χ3n) is 4.58. The molecule has 32 heavy (non-hydrogen) atoms. The Morgan fingerprint density at radius 3 is 1.38 bits per heavy atom. The molecule has 3 rings (SSSR count). The van der Waals surface area contributed by atoms with Crippen LogP contribution in [0.5, 0.6) is 11.5 Å². The largest absolute Gasteiger partial charge is 0.497 e. The van der Waals surface area contributed by atoms with Crippen LogP contribution in [0, 0.1) is 0 Å². The molecule has 1 aliphatic rings. The summed E-state index contributed by atoms with van der Waals surface area (Å²) in [5.41, 5.74) is 5.50. The molecule has 1 amide bonds. The van der Waals surface area contributed by atoms with Gasteiger partial charge in [-0.25, -0.2) is 25.4 Å². The zero-order valence-corrected chi connectivity index (χ0v) is 18.8. The van der Waals surface area contributed by atoms with Crippen LogP contribution >= 0.6 is 0 Å². The van der Waals surface area contributed by atoms with Crippen molar-refractivity contribution < 1.29 is 31.1 Å². The van der Waals surface area contributed by atoms with Crippen molar-refractivity contribution in [1.82, 2.24) is 8.61 Å². The number of benzene rings is 2. The van der Waals surface area contributed by atoms with Crippen LogP contribution in [0.25, 0.3) is 0 Å². The van der Waals surface area contributed by atoms with E-state index in [1.165, 1.54) is 74.9 Å². The van der Waals surface area contributed by atoms with Crippen molar-refractivity contribution in [3.8, 4) is 11.5 Å². The van der Waals surface area contributed by atoms with Crippen LogP contribution in [0.15, 0.2) is 82.9 Å². The van der Waals surface area contributed by atoms with Crippen LogP contribution in [0.2, 0.25) is 0 Å². The average Bonchev–Trinajstić information content (AvgIpc) is 3.03. The van der Waals surface area contributed by atoms with Gasteiger partial charge in [-0.15, -0.1) is 0 Å². The second-order valence-corrected chi connectivity index (χ2v) is 10.2. The van der Waals surface area contributed by atoms with Crippen LogP contribution in [-0.4, -0.2) is 51.7 Å². The Balaban J connectivity index is 2.09. The highest BCUT2D eigenvalue weighted by Crippen LogP contribution is 2.29. The van der Waals surface area contributed by atoms with Gasteiger partial charge in [0, 0.05) is 12.4 Å². The Labute approximate surface area is 186 Å². The summed E-state index contributed by atoms with van der Waals surface area (Å²) in [6.07, 6.45) is 2.86. The summed E-state index contributed by atoms with van der Waals surface area (Å²) in [6.45, 7) is 0. The number of nitrogens with two attached hydrogens (primary N) is 1. The van der Waals surface area contributed by atoms with E-state index in [4.69, 9.17) is 15.2 Å². The highest BCUT2D eigenvalue weighted by Gasteiger charge is 2.41. The highest BCUT2D eigenvalue weighted by molar-refractivity contribution is 7.90. The monoisotopic (exact) mass is 479 g/mol. The van der Waals surface area contributed by atoms with Gasteiger partial charge >= 0.3 is 0 Å². The number of methoxy groups -OCH3 is 2. The Morgan fingerprint density at radius 2 is 1.09 bits per heavy atom. The van der Waals surface area contributed by atoms with Crippen molar-refractivity contribution >= 4 is 26.0 Å². The van der Waals surface area contributed by atoms with E-state index in [2.05, 4.69) is 0 Å². The van der Waals surface area contributed by atoms with Gasteiger partial charge in [0.05, 0.1) is 24.0 Å². The molecule has 0 spiro atoms. The van der Waals surface area contributed by atoms with Gasteiger partial charge in [0.1, 0.15) is 11.5 Å². The van der Waals surface area contributed by atoms with Gasteiger partial charge in [-0.1, -0.05) is 0 Å². The minimum absolute atomic E-state index is 0.183. The van der Waals surface area contributed by atoms with E-state index in [9.17, 15) is 21.6 Å². The molecule has 0 saturated carbocycles. The summed E-state index contributed by atoms with van der Waals surface area (Å²) < 4.78 is 64.5. The first-order valence-corrected chi connectivity index (χ1v) is 12.0. The molecule has 0 aliphatic carbocycles. The fourth-order valence-corrected chi connectivity index (χ4v) is 5.86. The van der Waals surface area contributed by atoms with Crippen molar-refractivity contribution in [3.63, 3.8) is 0 Å². The fraction of sp³-hybridized carbons (Fsp3) is 0.150. The maximum atomic E-state index is 13.3. The topological polar surface area (TPSA) is 136 Å². The number of carbonyl (C=O) groups is 1. The molecule has 1 aliphatic heterocycles. The van der Waals surface area contributed by atoms with Crippen molar-refractivity contribution in [1.29, 1.82) is 0 Å². The van der Waals surface area contributed by atoms with Gasteiger partial charge in [0.2, 0.25) is 6.17 Å². The molecule has 0 radical (unpaired) electrons. The third kappa shape index (κ3) is 4.27. The van der Waals surface area contributed by atoms with Crippen LogP contribution in [0.1, 0.15) is 0 Å². The smallest absolute Gasteiger partial charge is 0.266 e. The van der Waals surface area contributed by atoms with E-state index in [0.29, 0.717) is 20.1 Å². The molecule has 2 N–H and O–H groups in total. The van der Waals surface area contributed by atoms with Gasteiger partial charge in [0.15, 0.2) is 0 Å². The summed E-state index contributed by atoms with van der Waals surface area (Å²) in [5.74, 6) is -0.338. The SMILES string of the molecule is COc1ccc(S(=O)(=O)N2C=CC=CN(S(=O)(=O)c3ccc(OC)cc3)C2C(N)=O)cc1. The molecule has 2 aromatic carbocycles. The molecule has 0 unspecified atom stereocenters. The molecule has 2 aromatic rings. The van der Waals surface area contributed by atoms with Gasteiger partial charge in [-0.2, -0.15) is 0 Å². The molecular weight excluding hydrogens is 458 g/mol. The molecular formula is C20H21N3O7S2. The van der Waals surface area contributed by atoms with Crippen molar-refractivity contribution in [2.45, 2.75) is 16.0 Å². The summed E-state index contributed by atoms with van der Waals surface area (Å²) in [5, 5.41) is 0. The quantitative estimate of drug-likeness (QED) is 0.631. The van der Waals surface area contributed by atoms with Crippen molar-refractivity contribution in [3.05, 3.63) is 73.1 Å². The summed E-state index contributed by atoms with van der Waals surface area (Å²) in [7, 11) is -5.88. The Morgan fingerprint density at radius 1 is 0.750 bits per heavy atom. The van der Waals surface area contributed by atoms with Crippen LogP contribution in [-0.2, 0) is 24.8 Å². The summed E-state index contributed by atoms with van der Waals surface area (Å²) in [6, 6.07) is 10.8. The molecule has 12 heteroatoms. The first-order valence-electron chi connectivity index (χ1n) is 9.12. The van der Waals surface area contributed by atoms with Crippen LogP contribution in [0.4, 0.5) is 0 Å². The number of primary amides is 1. The van der Waals surface area contributed by atoms with E-state index in [1.807, 2.05) is 0 Å². The number of hydrogen-bond acceptors (Lipinski definition) is 7. The number of rotatable bonds is 7. The summed E-state index contributed by atoms with van der Waals surface area (Å²) in [4.78, 5) is 12.0. The van der Waals surface area contributed by atoms with Crippen molar-refractivity contribution in [2.24, 2.45) is 5.73 Å². The molecule has 0 bridgehead atoms. The third-order valence-corrected chi connectivity index (χ3v) is 8.07. The van der Waals surface area contributed by atoms with Gasteiger partial charge < -0.3 is 15.2 Å². The second-order valence-electron chi connectivity index (χ2n) is 6.48. The van der Waals surface area contributed by atoms with E-state index in [1.54, 1.807) is 0 Å². The molecule has 0 fully saturated rings. The molecule has 1 heterocycles. The molecule has 0 atom stereocenters. The Kier molecular flexibility index (Phi) is 6.46. The van der Waals surface area contributed by atoms with E-state index in [-0.39, 0.29) is 9.79 Å². The van der Waals surface area contributed by atoms with Crippen LogP contribution in [0.3, 0.4) is 0 Å². The Bertz CT molecular complexity index is 1160. The zero-order chi connectivity index (χ0) is 23.5. The lowest BCUT2D eigenvalue weighted by atomic mass is 10.3. The number of hydrogen-bond donors (Lipinski definition) is 1. The van der Waals surface area contributed by atoms with Gasteiger partial charge in [-0.3, -0.25) is 4.79 Å². The minimum atomic E-state index is -4.37. The number of ether oxygens (including phenoxy) is 2. The maximum absolute atomic E-state index is 13.3. The fourth-order valence-electron chi connectivity index (χ4n) is 2.96. The standard InChI is InChI=1S/C20H21N3O7S2/c1-29-15-5-9-17(10-6-15)31(25,26)22-13-3-4-14-23(20(22)19(21)24)32(27,28)18-11-7-16(30-2)8-12-18/h3-14,20H,1-2H3,(H2,21,24). The molecule has 0 aromatic heterocycles. The summed E-state index contributed by atoms with van der Waals surface area (Å²) >= 11 is 0. The number of sulfonamides is 2. The first-order chi connectivity index (χ1) is 15.1. The molecule has 10 nitrogen and oxygen atoms in total. The lowest BCUT2D eigenvalue weighted by Gasteiger charge is -2.34. The van der Waals surface area contributed by atoms with Crippen LogP contribution < -0.4 is 15.2 Å². The zero-order valence-electron chi connectivity index (χ0n) is 17.2. The highest BCUT2D eigenvalue weighted by atomic mass is 32.2. The lowest BCUT2D eigenvalue weighted by Crippen LogP contribution is -2.55. The minimum Gasteiger partial charge on any atom is -0.497 e. The van der Waals surface area contributed by atoms with E-state index < -0.39 is 32.1 Å². The predicted molar refractivity (Wildman–Crippen MR) is 115 cm³/mol. The van der Waals surface area contributed by atoms with Gasteiger partial charge in [-0.05, 0) is 60.7 Å². The normalized spacial score (nSPS) is 14.8. The lowest BCUT2D eigenvalue weighted by molar-refractivity contribution is -0.123. The second kappa shape index (κ2) is 8.93. The molecule has 0 saturated heterocycles. The van der Waals surface area contributed by atoms with E-state index >= 15 is 0 Å². The number of carbonyl (C=O) groups excluding carboxylic acids is 1. The number of amides is 1. The molecule has 170 valence electrons. The Hall–Kier alpha value is -3.51. The number of allylic oxidation sites excluding steroid dienone is 2. The predicted octanol–water partition coefficient (Wildman–Crippen LogP) is 1.24. The average molecular weight is 480 g/mol. The van der Waals surface area contributed by atoms with E-state index in [0.717, 1.165) is 12.4 Å². The number of nitrogens with zero attached hydrogens (tertiary/aromatic N) is 2.